The summed E-state index contributed by atoms with van der Waals surface area (Å²) < 4.78 is 7.61. The van der Waals surface area contributed by atoms with Crippen molar-refractivity contribution >= 4 is 11.6 Å². The molecule has 2 aromatic heterocycles. The highest BCUT2D eigenvalue weighted by Gasteiger charge is 2.50. The molecule has 4 unspecified atom stereocenters. The SMILES string of the molecule is Cc1ccc2nc(NC3C(N)C4CCCOC43)nn2c1. The van der Waals surface area contributed by atoms with Gasteiger partial charge in [0.1, 0.15) is 0 Å². The van der Waals surface area contributed by atoms with E-state index >= 15 is 0 Å². The summed E-state index contributed by atoms with van der Waals surface area (Å²) in [6, 6.07) is 4.25. The monoisotopic (exact) mass is 273 g/mol. The number of nitrogens with two attached hydrogens (primary N) is 1. The smallest absolute Gasteiger partial charge is 0.243 e. The van der Waals surface area contributed by atoms with Gasteiger partial charge in [0.2, 0.25) is 5.95 Å². The Morgan fingerprint density at radius 1 is 1.45 bits per heavy atom. The minimum absolute atomic E-state index is 0.124. The fourth-order valence-corrected chi connectivity index (χ4v) is 3.32. The van der Waals surface area contributed by atoms with E-state index in [0.29, 0.717) is 11.9 Å². The number of nitrogens with zero attached hydrogens (tertiary/aromatic N) is 3. The van der Waals surface area contributed by atoms with E-state index in [4.69, 9.17) is 10.5 Å². The van der Waals surface area contributed by atoms with Crippen LogP contribution in [-0.2, 0) is 4.74 Å². The van der Waals surface area contributed by atoms with Gasteiger partial charge in [0.25, 0.3) is 0 Å². The zero-order valence-corrected chi connectivity index (χ0v) is 11.5. The van der Waals surface area contributed by atoms with E-state index in [1.165, 1.54) is 6.42 Å². The molecule has 1 aliphatic heterocycles. The zero-order chi connectivity index (χ0) is 13.7. The quantitative estimate of drug-likeness (QED) is 0.852. The number of anilines is 1. The lowest BCUT2D eigenvalue weighted by atomic mass is 9.69. The summed E-state index contributed by atoms with van der Waals surface area (Å²) >= 11 is 0. The lowest BCUT2D eigenvalue weighted by molar-refractivity contribution is -0.104. The van der Waals surface area contributed by atoms with Crippen molar-refractivity contribution in [3.63, 3.8) is 0 Å². The average molecular weight is 273 g/mol. The second kappa shape index (κ2) is 4.43. The van der Waals surface area contributed by atoms with Gasteiger partial charge in [-0.25, -0.2) is 4.52 Å². The third-order valence-electron chi connectivity index (χ3n) is 4.45. The van der Waals surface area contributed by atoms with E-state index in [1.54, 1.807) is 4.52 Å². The number of rotatable bonds is 2. The van der Waals surface area contributed by atoms with Crippen molar-refractivity contribution in [2.45, 2.75) is 38.0 Å². The number of fused-ring (bicyclic) bond motifs is 2. The van der Waals surface area contributed by atoms with E-state index in [1.807, 2.05) is 25.3 Å². The molecule has 4 rings (SSSR count). The summed E-state index contributed by atoms with van der Waals surface area (Å²) in [4.78, 5) is 4.48. The molecule has 0 aromatic carbocycles. The number of ether oxygens (including phenoxy) is 1. The second-order valence-electron chi connectivity index (χ2n) is 5.83. The summed E-state index contributed by atoms with van der Waals surface area (Å²) in [6.45, 7) is 2.88. The van der Waals surface area contributed by atoms with Crippen molar-refractivity contribution < 1.29 is 4.74 Å². The summed E-state index contributed by atoms with van der Waals surface area (Å²) in [5, 5.41) is 7.79. The third-order valence-corrected chi connectivity index (χ3v) is 4.45. The Balaban J connectivity index is 1.55. The Labute approximate surface area is 117 Å². The first kappa shape index (κ1) is 12.1. The van der Waals surface area contributed by atoms with Crippen molar-refractivity contribution in [2.75, 3.05) is 11.9 Å². The number of nitrogens with one attached hydrogen (secondary N) is 1. The molecule has 20 heavy (non-hydrogen) atoms. The molecule has 3 heterocycles. The van der Waals surface area contributed by atoms with Crippen LogP contribution >= 0.6 is 0 Å². The van der Waals surface area contributed by atoms with E-state index in [2.05, 4.69) is 15.4 Å². The first-order chi connectivity index (χ1) is 9.72. The van der Waals surface area contributed by atoms with Crippen LogP contribution in [0.4, 0.5) is 5.95 Å². The summed E-state index contributed by atoms with van der Waals surface area (Å²) in [5.74, 6) is 1.11. The van der Waals surface area contributed by atoms with Gasteiger partial charge in [0.05, 0.1) is 12.1 Å². The molecule has 0 amide bonds. The predicted octanol–water partition coefficient (Wildman–Crippen LogP) is 0.954. The van der Waals surface area contributed by atoms with Gasteiger partial charge in [-0.15, -0.1) is 5.10 Å². The minimum Gasteiger partial charge on any atom is -0.376 e. The fourth-order valence-electron chi connectivity index (χ4n) is 3.32. The second-order valence-corrected chi connectivity index (χ2v) is 5.83. The van der Waals surface area contributed by atoms with Crippen LogP contribution in [0.15, 0.2) is 18.3 Å². The van der Waals surface area contributed by atoms with Gasteiger partial charge in [0.15, 0.2) is 5.65 Å². The molecule has 1 saturated heterocycles. The summed E-state index contributed by atoms with van der Waals surface area (Å²) in [5.41, 5.74) is 8.24. The summed E-state index contributed by atoms with van der Waals surface area (Å²) in [7, 11) is 0. The predicted molar refractivity (Wildman–Crippen MR) is 75.6 cm³/mol. The number of aromatic nitrogens is 3. The lowest BCUT2D eigenvalue weighted by Crippen LogP contribution is -2.69. The Kier molecular flexibility index (Phi) is 2.68. The van der Waals surface area contributed by atoms with E-state index in [9.17, 15) is 0 Å². The van der Waals surface area contributed by atoms with Crippen LogP contribution in [0, 0.1) is 12.8 Å². The number of pyridine rings is 1. The van der Waals surface area contributed by atoms with Crippen LogP contribution in [0.25, 0.3) is 5.65 Å². The first-order valence-electron chi connectivity index (χ1n) is 7.19. The van der Waals surface area contributed by atoms with Crippen molar-refractivity contribution in [1.29, 1.82) is 0 Å². The molecule has 6 nitrogen and oxygen atoms in total. The van der Waals surface area contributed by atoms with Gasteiger partial charge in [-0.1, -0.05) is 6.07 Å². The number of hydrogen-bond acceptors (Lipinski definition) is 5. The van der Waals surface area contributed by atoms with Crippen molar-refractivity contribution in [3.05, 3.63) is 23.9 Å². The van der Waals surface area contributed by atoms with Crippen molar-refractivity contribution in [2.24, 2.45) is 11.7 Å². The molecule has 2 aliphatic rings. The Hall–Kier alpha value is -1.66. The zero-order valence-electron chi connectivity index (χ0n) is 11.5. The van der Waals surface area contributed by atoms with Gasteiger partial charge in [-0.05, 0) is 31.4 Å². The normalized spacial score (nSPS) is 32.7. The average Bonchev–Trinajstić information content (AvgIpc) is 2.86. The highest BCUT2D eigenvalue weighted by molar-refractivity contribution is 5.45. The molecule has 1 saturated carbocycles. The van der Waals surface area contributed by atoms with Crippen molar-refractivity contribution in [1.82, 2.24) is 14.6 Å². The molecule has 0 spiro atoms. The molecule has 106 valence electrons. The minimum atomic E-state index is 0.124. The van der Waals surface area contributed by atoms with Crippen LogP contribution in [0.5, 0.6) is 0 Å². The molecule has 0 bridgehead atoms. The molecular weight excluding hydrogens is 254 g/mol. The Morgan fingerprint density at radius 2 is 2.35 bits per heavy atom. The molecule has 2 fully saturated rings. The molecular formula is C14H19N5O. The standard InChI is InChI=1S/C14H19N5O/c1-8-4-5-10-16-14(18-19(10)7-8)17-12-11(15)9-3-2-6-20-13(9)12/h4-5,7,9,11-13H,2-3,6,15H2,1H3,(H,17,18). The molecule has 0 radical (unpaired) electrons. The van der Waals surface area contributed by atoms with Gasteiger partial charge in [-0.2, -0.15) is 4.98 Å². The van der Waals surface area contributed by atoms with E-state index in [-0.39, 0.29) is 18.2 Å². The van der Waals surface area contributed by atoms with Gasteiger partial charge < -0.3 is 15.8 Å². The molecule has 2 aromatic rings. The third kappa shape index (κ3) is 1.79. The highest BCUT2D eigenvalue weighted by Crippen LogP contribution is 2.38. The van der Waals surface area contributed by atoms with Gasteiger partial charge in [-0.3, -0.25) is 0 Å². The molecule has 6 heteroatoms. The maximum Gasteiger partial charge on any atom is 0.243 e. The summed E-state index contributed by atoms with van der Waals surface area (Å²) in [6.07, 6.45) is 4.47. The maximum absolute atomic E-state index is 6.24. The highest BCUT2D eigenvalue weighted by atomic mass is 16.5. The Morgan fingerprint density at radius 3 is 3.25 bits per heavy atom. The largest absolute Gasteiger partial charge is 0.376 e. The van der Waals surface area contributed by atoms with Crippen LogP contribution < -0.4 is 11.1 Å². The van der Waals surface area contributed by atoms with Gasteiger partial charge in [0, 0.05) is 24.8 Å². The lowest BCUT2D eigenvalue weighted by Gasteiger charge is -2.52. The van der Waals surface area contributed by atoms with E-state index in [0.717, 1.165) is 24.2 Å². The van der Waals surface area contributed by atoms with Crippen LogP contribution in [-0.4, -0.2) is 39.4 Å². The topological polar surface area (TPSA) is 77.5 Å². The van der Waals surface area contributed by atoms with E-state index < -0.39 is 0 Å². The fraction of sp³-hybridized carbons (Fsp3) is 0.571. The molecule has 1 aliphatic carbocycles. The Bertz CT molecular complexity index is 640. The van der Waals surface area contributed by atoms with Crippen LogP contribution in [0.1, 0.15) is 18.4 Å². The molecule has 3 N–H and O–H groups in total. The van der Waals surface area contributed by atoms with Gasteiger partial charge >= 0.3 is 0 Å². The molecule has 4 atom stereocenters. The van der Waals surface area contributed by atoms with Crippen LogP contribution in [0.3, 0.4) is 0 Å². The maximum atomic E-state index is 6.24. The van der Waals surface area contributed by atoms with Crippen molar-refractivity contribution in [3.8, 4) is 0 Å². The first-order valence-corrected chi connectivity index (χ1v) is 7.19. The number of aryl methyl sites for hydroxylation is 1. The number of hydrogen-bond donors (Lipinski definition) is 2. The van der Waals surface area contributed by atoms with Crippen LogP contribution in [0.2, 0.25) is 0 Å².